The number of rotatable bonds is 9. The van der Waals surface area contributed by atoms with Crippen LogP contribution in [-0.4, -0.2) is 60.2 Å². The molecule has 35 heavy (non-hydrogen) atoms. The first-order valence-electron chi connectivity index (χ1n) is 9.55. The Labute approximate surface area is 215 Å². The van der Waals surface area contributed by atoms with Crippen LogP contribution < -0.4 is 9.47 Å². The van der Waals surface area contributed by atoms with Crippen LogP contribution in [0.15, 0.2) is 28.7 Å². The predicted octanol–water partition coefficient (Wildman–Crippen LogP) is 5.38. The summed E-state index contributed by atoms with van der Waals surface area (Å²) in [5, 5.41) is 0. The van der Waals surface area contributed by atoms with Crippen molar-refractivity contribution in [3.8, 4) is 11.5 Å². The highest BCUT2D eigenvalue weighted by Gasteiger charge is 2.19. The first-order valence-corrected chi connectivity index (χ1v) is 10.3. The van der Waals surface area contributed by atoms with E-state index in [0.717, 1.165) is 10.0 Å². The fraction of sp³-hybridized carbons (Fsp3) is 0.400. The van der Waals surface area contributed by atoms with Crippen LogP contribution in [0.2, 0.25) is 0 Å². The third-order valence-electron chi connectivity index (χ3n) is 4.40. The lowest BCUT2D eigenvalue weighted by molar-refractivity contribution is 0.0457. The van der Waals surface area contributed by atoms with Crippen molar-refractivity contribution in [3.05, 3.63) is 56.6 Å². The van der Waals surface area contributed by atoms with Crippen molar-refractivity contribution in [1.29, 1.82) is 0 Å². The van der Waals surface area contributed by atoms with Gasteiger partial charge in [0.2, 0.25) is 0 Å². The molecule has 0 amide bonds. The monoisotopic (exact) mass is 558 g/mol. The van der Waals surface area contributed by atoms with Crippen molar-refractivity contribution in [2.75, 3.05) is 42.0 Å². The van der Waals surface area contributed by atoms with Crippen LogP contribution in [0.3, 0.4) is 0 Å². The number of benzene rings is 2. The average molecular weight is 559 g/mol. The minimum absolute atomic E-state index is 0. The fourth-order valence-corrected chi connectivity index (χ4v) is 3.02. The van der Waals surface area contributed by atoms with Crippen LogP contribution in [0.4, 0.5) is 0 Å². The molecule has 10 heteroatoms. The van der Waals surface area contributed by atoms with Crippen molar-refractivity contribution in [1.82, 2.24) is 0 Å². The highest BCUT2D eigenvalue weighted by molar-refractivity contribution is 9.10. The van der Waals surface area contributed by atoms with Crippen LogP contribution in [0.25, 0.3) is 0 Å². The summed E-state index contributed by atoms with van der Waals surface area (Å²) in [6.45, 7) is 3.58. The highest BCUT2D eigenvalue weighted by Crippen LogP contribution is 2.29. The second kappa shape index (κ2) is 17.5. The largest absolute Gasteiger partial charge is 0.467 e. The molecular formula is C25H35BrO9. The van der Waals surface area contributed by atoms with Gasteiger partial charge in [0, 0.05) is 24.3 Å². The lowest BCUT2D eigenvalue weighted by Gasteiger charge is -2.12. The number of hydrogen-bond donors (Lipinski definition) is 0. The summed E-state index contributed by atoms with van der Waals surface area (Å²) < 4.78 is 30.3. The van der Waals surface area contributed by atoms with Crippen molar-refractivity contribution in [3.63, 3.8) is 0 Å². The second-order valence-electron chi connectivity index (χ2n) is 6.40. The zero-order chi connectivity index (χ0) is 25.0. The summed E-state index contributed by atoms with van der Waals surface area (Å²) >= 11 is 3.35. The van der Waals surface area contributed by atoms with Crippen molar-refractivity contribution in [2.24, 2.45) is 0 Å². The van der Waals surface area contributed by atoms with Gasteiger partial charge in [0.15, 0.2) is 13.6 Å². The maximum absolute atomic E-state index is 11.6. The summed E-state index contributed by atoms with van der Waals surface area (Å²) in [4.78, 5) is 34.0. The zero-order valence-corrected chi connectivity index (χ0v) is 20.9. The highest BCUT2D eigenvalue weighted by atomic mass is 79.9. The van der Waals surface area contributed by atoms with Gasteiger partial charge in [-0.25, -0.2) is 9.59 Å². The van der Waals surface area contributed by atoms with Crippen LogP contribution >= 0.6 is 15.9 Å². The lowest BCUT2D eigenvalue weighted by Crippen LogP contribution is -2.10. The fourth-order valence-electron chi connectivity index (χ4n) is 2.69. The average Bonchev–Trinajstić information content (AvgIpc) is 2.82. The molecule has 0 aliphatic carbocycles. The standard InChI is InChI=1S/C12H14O5.C11H13BrO4.2CH4/c1-8-9(6-13)4-5-10(17-7-15-2)11(8)12(14)16-3;1-7-8(12)4-5-9(16-6-14-2)10(7)11(13)15-3;;/h4-6H,7H2,1-3H3;4-5H,6H2,1-3H3;2*1H4. The molecule has 0 radical (unpaired) electrons. The molecule has 0 N–H and O–H groups in total. The van der Waals surface area contributed by atoms with Crippen LogP contribution in [0, 0.1) is 13.8 Å². The molecule has 0 aliphatic heterocycles. The van der Waals surface area contributed by atoms with Gasteiger partial charge in [0.05, 0.1) is 14.2 Å². The number of halogens is 1. The van der Waals surface area contributed by atoms with Gasteiger partial charge in [-0.05, 0) is 49.2 Å². The molecule has 0 fully saturated rings. The van der Waals surface area contributed by atoms with E-state index in [-0.39, 0.29) is 34.0 Å². The van der Waals surface area contributed by atoms with E-state index in [2.05, 4.69) is 20.7 Å². The Hall–Kier alpha value is -2.95. The van der Waals surface area contributed by atoms with Gasteiger partial charge in [-0.15, -0.1) is 0 Å². The van der Waals surface area contributed by atoms with E-state index < -0.39 is 11.9 Å². The molecule has 0 saturated carbocycles. The number of carbonyl (C=O) groups excluding carboxylic acids is 3. The molecule has 0 unspecified atom stereocenters. The number of hydrogen-bond acceptors (Lipinski definition) is 9. The number of methoxy groups -OCH3 is 4. The summed E-state index contributed by atoms with van der Waals surface area (Å²) in [7, 11) is 5.60. The molecule has 9 nitrogen and oxygen atoms in total. The Morgan fingerprint density at radius 3 is 1.60 bits per heavy atom. The number of ether oxygens (including phenoxy) is 6. The Morgan fingerprint density at radius 1 is 0.771 bits per heavy atom. The first kappa shape index (κ1) is 34.2. The topological polar surface area (TPSA) is 107 Å². The number of aldehydes is 1. The van der Waals surface area contributed by atoms with Gasteiger partial charge >= 0.3 is 11.9 Å². The molecule has 0 saturated heterocycles. The molecule has 0 heterocycles. The molecule has 0 aliphatic rings. The zero-order valence-electron chi connectivity index (χ0n) is 19.4. The summed E-state index contributed by atoms with van der Waals surface area (Å²) in [5.41, 5.74) is 2.39. The Bertz CT molecular complexity index is 974. The van der Waals surface area contributed by atoms with E-state index in [1.807, 2.05) is 13.0 Å². The smallest absolute Gasteiger partial charge is 0.341 e. The minimum atomic E-state index is -0.544. The quantitative estimate of drug-likeness (QED) is 0.228. The minimum Gasteiger partial charge on any atom is -0.467 e. The number of carbonyl (C=O) groups is 3. The molecule has 2 rings (SSSR count). The molecule has 0 spiro atoms. The van der Waals surface area contributed by atoms with Gasteiger partial charge in [-0.3, -0.25) is 4.79 Å². The SMILES string of the molecule is C.C.COCOc1ccc(Br)c(C)c1C(=O)OC.COCOc1ccc(C=O)c(C)c1C(=O)OC. The Kier molecular flexibility index (Phi) is 17.1. The van der Waals surface area contributed by atoms with E-state index in [0.29, 0.717) is 34.5 Å². The number of esters is 2. The third kappa shape index (κ3) is 9.31. The Balaban J connectivity index is 0. The van der Waals surface area contributed by atoms with Crippen molar-refractivity contribution in [2.45, 2.75) is 28.7 Å². The first-order chi connectivity index (χ1) is 15.8. The van der Waals surface area contributed by atoms with Crippen LogP contribution in [0.5, 0.6) is 11.5 Å². The molecule has 0 aromatic heterocycles. The molecule has 0 bridgehead atoms. The van der Waals surface area contributed by atoms with Gasteiger partial charge in [0.1, 0.15) is 28.9 Å². The summed E-state index contributed by atoms with van der Waals surface area (Å²) in [5.74, 6) is -0.182. The van der Waals surface area contributed by atoms with Crippen molar-refractivity contribution < 1.29 is 42.8 Å². The van der Waals surface area contributed by atoms with E-state index in [4.69, 9.17) is 23.7 Å². The van der Waals surface area contributed by atoms with Crippen LogP contribution in [-0.2, 0) is 18.9 Å². The predicted molar refractivity (Wildman–Crippen MR) is 137 cm³/mol. The normalized spacial score (nSPS) is 9.34. The van der Waals surface area contributed by atoms with E-state index in [1.54, 1.807) is 25.1 Å². The van der Waals surface area contributed by atoms with Gasteiger partial charge in [0.25, 0.3) is 0 Å². The second-order valence-corrected chi connectivity index (χ2v) is 7.26. The van der Waals surface area contributed by atoms with Crippen molar-refractivity contribution >= 4 is 34.2 Å². The van der Waals surface area contributed by atoms with Gasteiger partial charge < -0.3 is 28.4 Å². The Morgan fingerprint density at radius 2 is 1.20 bits per heavy atom. The lowest BCUT2D eigenvalue weighted by atomic mass is 10.0. The maximum atomic E-state index is 11.6. The van der Waals surface area contributed by atoms with Gasteiger partial charge in [-0.2, -0.15) is 0 Å². The molecular weight excluding hydrogens is 524 g/mol. The third-order valence-corrected chi connectivity index (χ3v) is 5.26. The maximum Gasteiger partial charge on any atom is 0.341 e. The molecule has 196 valence electrons. The van der Waals surface area contributed by atoms with E-state index >= 15 is 0 Å². The molecule has 2 aromatic carbocycles. The molecule has 2 aromatic rings. The summed E-state index contributed by atoms with van der Waals surface area (Å²) in [6, 6.07) is 6.64. The summed E-state index contributed by atoms with van der Waals surface area (Å²) in [6.07, 6.45) is 0.682. The van der Waals surface area contributed by atoms with Gasteiger partial charge in [-0.1, -0.05) is 30.8 Å². The van der Waals surface area contributed by atoms with E-state index in [9.17, 15) is 14.4 Å². The van der Waals surface area contributed by atoms with E-state index in [1.165, 1.54) is 28.4 Å². The van der Waals surface area contributed by atoms with Crippen LogP contribution in [0.1, 0.15) is 57.1 Å². The molecule has 0 atom stereocenters.